The van der Waals surface area contributed by atoms with Crippen molar-refractivity contribution >= 4 is 39.7 Å². The Labute approximate surface area is 243 Å². The van der Waals surface area contributed by atoms with E-state index in [1.807, 2.05) is 67.6 Å². The van der Waals surface area contributed by atoms with E-state index in [9.17, 15) is 4.79 Å². The number of nitrogens with two attached hydrogens (primary N) is 1. The first-order valence-electron chi connectivity index (χ1n) is 13.3. The zero-order valence-electron chi connectivity index (χ0n) is 23.5. The predicted octanol–water partition coefficient (Wildman–Crippen LogP) is 6.37. The summed E-state index contributed by atoms with van der Waals surface area (Å²) in [5.41, 5.74) is 9.93. The minimum absolute atomic E-state index is 0.0228. The normalized spacial score (nSPS) is 12.5. The third-order valence-electron chi connectivity index (χ3n) is 6.82. The monoisotopic (exact) mass is 567 g/mol. The number of anilines is 2. The molecule has 0 fully saturated rings. The molecule has 5 aromatic rings. The SMILES string of the molecule is COc1cc2nc(C)nc(NC(C)c3ccc(-c4ccccc4CC(N)C(=O)Nc4ccccc4)s3)c2cc1OC. The molecule has 0 aliphatic heterocycles. The number of hydrogen-bond donors (Lipinski definition) is 3. The third-order valence-corrected chi connectivity index (χ3v) is 8.12. The number of aromatic nitrogens is 2. The van der Waals surface area contributed by atoms with Crippen LogP contribution in [0.5, 0.6) is 11.5 Å². The number of hydrogen-bond acceptors (Lipinski definition) is 8. The Bertz CT molecular complexity index is 1670. The second-order valence-corrected chi connectivity index (χ2v) is 10.9. The number of nitrogens with zero attached hydrogens (tertiary/aromatic N) is 2. The van der Waals surface area contributed by atoms with Crippen LogP contribution in [0.2, 0.25) is 0 Å². The lowest BCUT2D eigenvalue weighted by molar-refractivity contribution is -0.117. The van der Waals surface area contributed by atoms with Gasteiger partial charge in [-0.25, -0.2) is 9.97 Å². The molecule has 210 valence electrons. The molecule has 1 amide bonds. The van der Waals surface area contributed by atoms with Crippen LogP contribution in [-0.2, 0) is 11.2 Å². The van der Waals surface area contributed by atoms with Gasteiger partial charge in [0.15, 0.2) is 11.5 Å². The Morgan fingerprint density at radius 1 is 0.951 bits per heavy atom. The number of amides is 1. The summed E-state index contributed by atoms with van der Waals surface area (Å²) in [5, 5.41) is 7.32. The summed E-state index contributed by atoms with van der Waals surface area (Å²) in [6.07, 6.45) is 0.424. The van der Waals surface area contributed by atoms with Crippen molar-refractivity contribution in [1.29, 1.82) is 0 Å². The van der Waals surface area contributed by atoms with Gasteiger partial charge in [-0.1, -0.05) is 42.5 Å². The second kappa shape index (κ2) is 12.4. The molecule has 2 atom stereocenters. The van der Waals surface area contributed by atoms with Crippen molar-refractivity contribution in [3.63, 3.8) is 0 Å². The summed E-state index contributed by atoms with van der Waals surface area (Å²) in [4.78, 5) is 24.3. The molecule has 0 spiro atoms. The number of nitrogens with one attached hydrogen (secondary N) is 2. The molecule has 0 aliphatic carbocycles. The average molecular weight is 568 g/mol. The van der Waals surface area contributed by atoms with Crippen molar-refractivity contribution in [2.24, 2.45) is 5.73 Å². The second-order valence-electron chi connectivity index (χ2n) is 9.73. The Morgan fingerprint density at radius 3 is 2.41 bits per heavy atom. The number of aryl methyl sites for hydroxylation is 1. The summed E-state index contributed by atoms with van der Waals surface area (Å²) in [7, 11) is 3.22. The molecular formula is C32H33N5O3S. The first kappa shape index (κ1) is 28.1. The number of methoxy groups -OCH3 is 2. The topological polar surface area (TPSA) is 111 Å². The number of ether oxygens (including phenoxy) is 2. The maximum absolute atomic E-state index is 12.8. The van der Waals surface area contributed by atoms with Gasteiger partial charge in [-0.15, -0.1) is 11.3 Å². The van der Waals surface area contributed by atoms with Crippen LogP contribution in [0.15, 0.2) is 78.9 Å². The Morgan fingerprint density at radius 2 is 1.66 bits per heavy atom. The molecule has 0 bridgehead atoms. The van der Waals surface area contributed by atoms with Crippen molar-refractivity contribution in [1.82, 2.24) is 9.97 Å². The van der Waals surface area contributed by atoms with Crippen LogP contribution in [0.4, 0.5) is 11.5 Å². The Kier molecular flexibility index (Phi) is 8.47. The standard InChI is InChI=1S/C32H33N5O3S/c1-19(34-31-24-17-27(39-3)28(40-4)18-26(24)35-20(2)36-31)29-14-15-30(41-29)23-13-9-8-10-21(23)16-25(33)32(38)37-22-11-6-5-7-12-22/h5-15,17-19,25H,16,33H2,1-4H3,(H,37,38)(H,34,35,36). The van der Waals surface area contributed by atoms with Gasteiger partial charge in [-0.05, 0) is 61.7 Å². The minimum atomic E-state index is -0.679. The van der Waals surface area contributed by atoms with E-state index in [1.54, 1.807) is 25.6 Å². The molecule has 2 aromatic heterocycles. The van der Waals surface area contributed by atoms with Crippen molar-refractivity contribution in [3.8, 4) is 21.9 Å². The van der Waals surface area contributed by atoms with Gasteiger partial charge in [-0.3, -0.25) is 4.79 Å². The lowest BCUT2D eigenvalue weighted by atomic mass is 9.99. The molecule has 8 nitrogen and oxygen atoms in total. The van der Waals surface area contributed by atoms with Crippen molar-refractivity contribution in [2.75, 3.05) is 24.9 Å². The molecule has 2 heterocycles. The first-order valence-corrected chi connectivity index (χ1v) is 14.1. The Hall–Kier alpha value is -4.47. The van der Waals surface area contributed by atoms with Crippen molar-refractivity contribution in [2.45, 2.75) is 32.4 Å². The number of rotatable bonds is 10. The number of fused-ring (bicyclic) bond motifs is 1. The van der Waals surface area contributed by atoms with E-state index in [-0.39, 0.29) is 11.9 Å². The molecular weight excluding hydrogens is 534 g/mol. The molecule has 2 unspecified atom stereocenters. The van der Waals surface area contributed by atoms with Gasteiger partial charge < -0.3 is 25.8 Å². The molecule has 0 aliphatic rings. The molecule has 0 saturated carbocycles. The van der Waals surface area contributed by atoms with E-state index in [1.165, 1.54) is 0 Å². The number of para-hydroxylation sites is 1. The summed E-state index contributed by atoms with van der Waals surface area (Å²) >= 11 is 1.70. The summed E-state index contributed by atoms with van der Waals surface area (Å²) in [5.74, 6) is 2.42. The molecule has 41 heavy (non-hydrogen) atoms. The van der Waals surface area contributed by atoms with Gasteiger partial charge >= 0.3 is 0 Å². The maximum Gasteiger partial charge on any atom is 0.241 e. The van der Waals surface area contributed by atoms with Crippen LogP contribution in [0, 0.1) is 6.92 Å². The fourth-order valence-corrected chi connectivity index (χ4v) is 5.78. The molecule has 4 N–H and O–H groups in total. The lowest BCUT2D eigenvalue weighted by Gasteiger charge is -2.17. The highest BCUT2D eigenvalue weighted by Gasteiger charge is 2.19. The molecule has 5 rings (SSSR count). The molecule has 9 heteroatoms. The minimum Gasteiger partial charge on any atom is -0.493 e. The van der Waals surface area contributed by atoms with E-state index < -0.39 is 6.04 Å². The van der Waals surface area contributed by atoms with Crippen LogP contribution >= 0.6 is 11.3 Å². The van der Waals surface area contributed by atoms with Crippen molar-refractivity contribution in [3.05, 3.63) is 95.1 Å². The van der Waals surface area contributed by atoms with Gasteiger partial charge in [0.1, 0.15) is 11.6 Å². The first-order chi connectivity index (χ1) is 19.9. The molecule has 0 saturated heterocycles. The molecule has 0 radical (unpaired) electrons. The highest BCUT2D eigenvalue weighted by Crippen LogP contribution is 2.37. The number of benzene rings is 3. The largest absolute Gasteiger partial charge is 0.493 e. The summed E-state index contributed by atoms with van der Waals surface area (Å²) < 4.78 is 11.0. The van der Waals surface area contributed by atoms with E-state index >= 15 is 0 Å². The van der Waals surface area contributed by atoms with Crippen LogP contribution in [-0.4, -0.2) is 36.1 Å². The molecule has 3 aromatic carbocycles. The third kappa shape index (κ3) is 6.32. The van der Waals surface area contributed by atoms with Crippen LogP contribution in [0.25, 0.3) is 21.3 Å². The van der Waals surface area contributed by atoms with Crippen molar-refractivity contribution < 1.29 is 14.3 Å². The number of carbonyl (C=O) groups excluding carboxylic acids is 1. The maximum atomic E-state index is 12.8. The van der Waals surface area contributed by atoms with E-state index in [0.29, 0.717) is 23.7 Å². The zero-order valence-corrected chi connectivity index (χ0v) is 24.3. The summed E-state index contributed by atoms with van der Waals surface area (Å²) in [6.45, 7) is 3.98. The van der Waals surface area contributed by atoms with Gasteiger partial charge in [0.05, 0.1) is 31.8 Å². The highest BCUT2D eigenvalue weighted by molar-refractivity contribution is 7.15. The fourth-order valence-electron chi connectivity index (χ4n) is 4.71. The van der Waals surface area contributed by atoms with Crippen LogP contribution < -0.4 is 25.8 Å². The van der Waals surface area contributed by atoms with Crippen LogP contribution in [0.1, 0.15) is 29.2 Å². The zero-order chi connectivity index (χ0) is 28.9. The van der Waals surface area contributed by atoms with Gasteiger partial charge in [0.25, 0.3) is 0 Å². The highest BCUT2D eigenvalue weighted by atomic mass is 32.1. The smallest absolute Gasteiger partial charge is 0.241 e. The summed E-state index contributed by atoms with van der Waals surface area (Å²) in [6, 6.07) is 24.7. The van der Waals surface area contributed by atoms with E-state index in [2.05, 4.69) is 40.7 Å². The lowest BCUT2D eigenvalue weighted by Crippen LogP contribution is -2.37. The fraction of sp³-hybridized carbons (Fsp3) is 0.219. The van der Waals surface area contributed by atoms with Gasteiger partial charge in [0, 0.05) is 26.9 Å². The average Bonchev–Trinajstić information content (AvgIpc) is 3.47. The van der Waals surface area contributed by atoms with E-state index in [0.717, 1.165) is 43.3 Å². The Balaban J connectivity index is 1.35. The van der Waals surface area contributed by atoms with E-state index in [4.69, 9.17) is 20.2 Å². The van der Waals surface area contributed by atoms with Crippen LogP contribution in [0.3, 0.4) is 0 Å². The quantitative estimate of drug-likeness (QED) is 0.180. The van der Waals surface area contributed by atoms with Gasteiger partial charge in [-0.2, -0.15) is 0 Å². The predicted molar refractivity (Wildman–Crippen MR) is 166 cm³/mol. The number of thiophene rings is 1. The number of carbonyl (C=O) groups is 1. The van der Waals surface area contributed by atoms with Gasteiger partial charge in [0.2, 0.25) is 5.91 Å².